The topological polar surface area (TPSA) is 41.1 Å². The first-order valence-corrected chi connectivity index (χ1v) is 7.26. The molecular weight excluding hydrogens is 248 g/mol. The second-order valence-corrected chi connectivity index (χ2v) is 6.06. The van der Waals surface area contributed by atoms with Crippen molar-refractivity contribution in [1.29, 1.82) is 0 Å². The summed E-state index contributed by atoms with van der Waals surface area (Å²) in [6, 6.07) is 0.437. The third-order valence-electron chi connectivity index (χ3n) is 2.98. The highest BCUT2D eigenvalue weighted by Gasteiger charge is 2.13. The molecule has 0 amide bonds. The van der Waals surface area contributed by atoms with Crippen LogP contribution in [0.3, 0.4) is 0 Å². The fraction of sp³-hybridized carbons (Fsp3) is 0.625. The van der Waals surface area contributed by atoms with E-state index in [9.17, 15) is 0 Å². The Morgan fingerprint density at radius 3 is 2.50 bits per heavy atom. The molecule has 4 heteroatoms. The van der Waals surface area contributed by atoms with Gasteiger partial charge in [0.1, 0.15) is 5.82 Å². The van der Waals surface area contributed by atoms with Crippen molar-refractivity contribution in [1.82, 2.24) is 15.3 Å². The van der Waals surface area contributed by atoms with Crippen LogP contribution in [0.5, 0.6) is 0 Å². The normalized spacial score (nSPS) is 11.2. The molecule has 0 saturated heterocycles. The van der Waals surface area contributed by atoms with E-state index in [0.717, 1.165) is 35.9 Å². The molecule has 0 aliphatic heterocycles. The number of hydrogen-bond donors (Lipinski definition) is 1. The maximum absolute atomic E-state index is 4.73. The summed E-state index contributed by atoms with van der Waals surface area (Å²) in [6.45, 7) is 16.1. The lowest BCUT2D eigenvalue weighted by Crippen LogP contribution is -2.27. The Morgan fingerprint density at radius 1 is 1.35 bits per heavy atom. The van der Waals surface area contributed by atoms with Crippen LogP contribution in [0.4, 0.5) is 5.69 Å². The van der Waals surface area contributed by atoms with Gasteiger partial charge in [-0.3, -0.25) is 0 Å². The Bertz CT molecular complexity index is 452. The lowest BCUT2D eigenvalue weighted by molar-refractivity contribution is 0.576. The van der Waals surface area contributed by atoms with Crippen LogP contribution in [-0.4, -0.2) is 29.6 Å². The number of aromatic nitrogens is 2. The number of rotatable bonds is 7. The molecule has 1 N–H and O–H groups in total. The number of nitrogens with zero attached hydrogens (tertiary/aromatic N) is 3. The second-order valence-electron chi connectivity index (χ2n) is 6.06. The molecule has 0 unspecified atom stereocenters. The lowest BCUT2D eigenvalue weighted by atomic mass is 10.2. The maximum Gasteiger partial charge on any atom is 0.131 e. The molecule has 0 aliphatic carbocycles. The van der Waals surface area contributed by atoms with E-state index in [0.29, 0.717) is 12.0 Å². The van der Waals surface area contributed by atoms with Gasteiger partial charge < -0.3 is 10.2 Å². The van der Waals surface area contributed by atoms with Gasteiger partial charge in [0.25, 0.3) is 0 Å². The van der Waals surface area contributed by atoms with Crippen LogP contribution in [0.1, 0.15) is 52.1 Å². The SMILES string of the molecule is C=C(C)CN(C)c1cnc(C(C)C)nc1CNC(C)C. The van der Waals surface area contributed by atoms with E-state index in [4.69, 9.17) is 4.98 Å². The van der Waals surface area contributed by atoms with Gasteiger partial charge in [-0.2, -0.15) is 0 Å². The quantitative estimate of drug-likeness (QED) is 0.777. The van der Waals surface area contributed by atoms with Crippen LogP contribution < -0.4 is 10.2 Å². The van der Waals surface area contributed by atoms with Gasteiger partial charge >= 0.3 is 0 Å². The van der Waals surface area contributed by atoms with Gasteiger partial charge in [0.2, 0.25) is 0 Å². The summed E-state index contributed by atoms with van der Waals surface area (Å²) in [5.41, 5.74) is 3.26. The molecule has 1 aromatic rings. The molecule has 4 nitrogen and oxygen atoms in total. The van der Waals surface area contributed by atoms with Crippen LogP contribution in [-0.2, 0) is 6.54 Å². The van der Waals surface area contributed by atoms with Gasteiger partial charge in [-0.15, -0.1) is 0 Å². The van der Waals surface area contributed by atoms with E-state index in [1.54, 1.807) is 0 Å². The Labute approximate surface area is 123 Å². The van der Waals surface area contributed by atoms with Crippen molar-refractivity contribution in [3.63, 3.8) is 0 Å². The molecule has 0 aromatic carbocycles. The highest BCUT2D eigenvalue weighted by molar-refractivity contribution is 5.49. The van der Waals surface area contributed by atoms with Gasteiger partial charge in [0, 0.05) is 32.1 Å². The molecular formula is C16H28N4. The fourth-order valence-electron chi connectivity index (χ4n) is 1.94. The van der Waals surface area contributed by atoms with E-state index in [1.165, 1.54) is 0 Å². The first-order valence-electron chi connectivity index (χ1n) is 7.26. The molecule has 0 radical (unpaired) electrons. The van der Waals surface area contributed by atoms with E-state index in [1.807, 2.05) is 13.1 Å². The Hall–Kier alpha value is -1.42. The van der Waals surface area contributed by atoms with Crippen molar-refractivity contribution in [2.45, 2.75) is 53.1 Å². The minimum Gasteiger partial charge on any atom is -0.368 e. The maximum atomic E-state index is 4.73. The molecule has 1 heterocycles. The average Bonchev–Trinajstić information content (AvgIpc) is 2.34. The number of hydrogen-bond acceptors (Lipinski definition) is 4. The van der Waals surface area contributed by atoms with Crippen LogP contribution in [0.15, 0.2) is 18.3 Å². The zero-order valence-electron chi connectivity index (χ0n) is 13.7. The third kappa shape index (κ3) is 4.93. The summed E-state index contributed by atoms with van der Waals surface area (Å²) >= 11 is 0. The fourth-order valence-corrected chi connectivity index (χ4v) is 1.94. The van der Waals surface area contributed by atoms with Crippen molar-refractivity contribution in [2.75, 3.05) is 18.5 Å². The summed E-state index contributed by atoms with van der Waals surface area (Å²) in [4.78, 5) is 11.4. The van der Waals surface area contributed by atoms with Crippen molar-refractivity contribution in [3.8, 4) is 0 Å². The minimum absolute atomic E-state index is 0.341. The van der Waals surface area contributed by atoms with Crippen LogP contribution in [0.25, 0.3) is 0 Å². The summed E-state index contributed by atoms with van der Waals surface area (Å²) in [5, 5.41) is 3.44. The minimum atomic E-state index is 0.341. The van der Waals surface area contributed by atoms with Crippen molar-refractivity contribution < 1.29 is 0 Å². The highest BCUT2D eigenvalue weighted by atomic mass is 15.1. The van der Waals surface area contributed by atoms with Crippen molar-refractivity contribution in [3.05, 3.63) is 29.9 Å². The van der Waals surface area contributed by atoms with Crippen molar-refractivity contribution in [2.24, 2.45) is 0 Å². The van der Waals surface area contributed by atoms with Gasteiger partial charge in [0.05, 0.1) is 17.6 Å². The molecule has 0 saturated carbocycles. The molecule has 20 heavy (non-hydrogen) atoms. The number of anilines is 1. The predicted molar refractivity (Wildman–Crippen MR) is 86.2 cm³/mol. The predicted octanol–water partition coefficient (Wildman–Crippen LogP) is 3.11. The Kier molecular flexibility index (Phi) is 6.14. The lowest BCUT2D eigenvalue weighted by Gasteiger charge is -2.23. The summed E-state index contributed by atoms with van der Waals surface area (Å²) < 4.78 is 0. The van der Waals surface area contributed by atoms with Gasteiger partial charge in [-0.05, 0) is 6.92 Å². The first kappa shape index (κ1) is 16.6. The van der Waals surface area contributed by atoms with Gasteiger partial charge in [0.15, 0.2) is 0 Å². The monoisotopic (exact) mass is 276 g/mol. The van der Waals surface area contributed by atoms with Crippen molar-refractivity contribution >= 4 is 5.69 Å². The largest absolute Gasteiger partial charge is 0.368 e. The van der Waals surface area contributed by atoms with Crippen LogP contribution in [0, 0.1) is 0 Å². The van der Waals surface area contributed by atoms with Crippen LogP contribution in [0.2, 0.25) is 0 Å². The van der Waals surface area contributed by atoms with E-state index in [-0.39, 0.29) is 0 Å². The molecule has 0 aliphatic rings. The zero-order valence-corrected chi connectivity index (χ0v) is 13.7. The van der Waals surface area contributed by atoms with E-state index < -0.39 is 0 Å². The summed E-state index contributed by atoms with van der Waals surface area (Å²) in [7, 11) is 2.06. The molecule has 0 fully saturated rings. The summed E-state index contributed by atoms with van der Waals surface area (Å²) in [5.74, 6) is 1.24. The van der Waals surface area contributed by atoms with E-state index >= 15 is 0 Å². The summed E-state index contributed by atoms with van der Waals surface area (Å²) in [6.07, 6.45) is 1.93. The molecule has 0 bridgehead atoms. The average molecular weight is 276 g/mol. The molecule has 1 aromatic heterocycles. The van der Waals surface area contributed by atoms with E-state index in [2.05, 4.69) is 56.5 Å². The second kappa shape index (κ2) is 7.39. The Morgan fingerprint density at radius 2 is 2.00 bits per heavy atom. The van der Waals surface area contributed by atoms with Gasteiger partial charge in [-0.25, -0.2) is 9.97 Å². The molecule has 1 rings (SSSR count). The molecule has 0 spiro atoms. The number of likely N-dealkylation sites (N-methyl/N-ethyl adjacent to an activating group) is 1. The first-order chi connectivity index (χ1) is 9.31. The molecule has 112 valence electrons. The Balaban J connectivity index is 3.04. The standard InChI is InChI=1S/C16H28N4/c1-11(2)10-20(7)15-9-18-16(12(3)4)19-14(15)8-17-13(5)6/h9,12-13,17H,1,8,10H2,2-7H3. The number of nitrogens with one attached hydrogen (secondary N) is 1. The highest BCUT2D eigenvalue weighted by Crippen LogP contribution is 2.20. The zero-order chi connectivity index (χ0) is 15.3. The smallest absolute Gasteiger partial charge is 0.131 e. The van der Waals surface area contributed by atoms with Crippen LogP contribution >= 0.6 is 0 Å². The van der Waals surface area contributed by atoms with Gasteiger partial charge in [-0.1, -0.05) is 39.8 Å². The molecule has 0 atom stereocenters. The third-order valence-corrected chi connectivity index (χ3v) is 2.98.